The van der Waals surface area contributed by atoms with Crippen LogP contribution in [0.2, 0.25) is 0 Å². The zero-order chi connectivity index (χ0) is 11.4. The van der Waals surface area contributed by atoms with E-state index in [0.717, 1.165) is 0 Å². The van der Waals surface area contributed by atoms with Crippen molar-refractivity contribution in [2.75, 3.05) is 7.11 Å². The normalized spacial score (nSPS) is 16.1. The van der Waals surface area contributed by atoms with Gasteiger partial charge in [-0.25, -0.2) is 0 Å². The molecule has 0 aliphatic rings. The molecule has 0 N–H and O–H groups in total. The molecule has 0 aromatic heterocycles. The van der Waals surface area contributed by atoms with Crippen LogP contribution >= 0.6 is 15.9 Å². The summed E-state index contributed by atoms with van der Waals surface area (Å²) in [5, 5.41) is 0. The topological polar surface area (TPSA) is 35.5 Å². The first-order valence-corrected chi connectivity index (χ1v) is 5.57. The third-order valence-electron chi connectivity index (χ3n) is 1.60. The fourth-order valence-electron chi connectivity index (χ4n) is 0.850. The number of halogens is 1. The molecular weight excluding hydrogens is 248 g/mol. The minimum absolute atomic E-state index is 0.0480. The number of hydrogen-bond acceptors (Lipinski definition) is 3. The fourth-order valence-corrected chi connectivity index (χ4v) is 1.47. The second-order valence-corrected chi connectivity index (χ2v) is 5.39. The van der Waals surface area contributed by atoms with Gasteiger partial charge in [-0.05, 0) is 34.1 Å². The van der Waals surface area contributed by atoms with E-state index in [-0.39, 0.29) is 16.9 Å². The average molecular weight is 267 g/mol. The molecule has 0 aliphatic carbocycles. The maximum atomic E-state index is 11.5. The summed E-state index contributed by atoms with van der Waals surface area (Å²) in [6, 6.07) is 0. The molecular formula is C10H19BrO3. The molecule has 0 aromatic carbocycles. The molecule has 0 bridgehead atoms. The molecule has 0 fully saturated rings. The number of hydrogen-bond donors (Lipinski definition) is 0. The van der Waals surface area contributed by atoms with E-state index in [4.69, 9.17) is 9.47 Å². The molecule has 0 spiro atoms. The van der Waals surface area contributed by atoms with Crippen molar-refractivity contribution < 1.29 is 14.3 Å². The Morgan fingerprint density at radius 1 is 1.43 bits per heavy atom. The quantitative estimate of drug-likeness (QED) is 0.580. The zero-order valence-corrected chi connectivity index (χ0v) is 11.1. The van der Waals surface area contributed by atoms with E-state index in [1.165, 1.54) is 0 Å². The molecule has 14 heavy (non-hydrogen) atoms. The molecule has 2 atom stereocenters. The predicted molar refractivity (Wildman–Crippen MR) is 59.6 cm³/mol. The van der Waals surface area contributed by atoms with Gasteiger partial charge in [0.05, 0.1) is 6.10 Å². The Hall–Kier alpha value is -0.0900. The highest BCUT2D eigenvalue weighted by molar-refractivity contribution is 9.10. The van der Waals surface area contributed by atoms with Crippen molar-refractivity contribution in [1.82, 2.24) is 0 Å². The van der Waals surface area contributed by atoms with E-state index in [1.807, 2.05) is 27.7 Å². The van der Waals surface area contributed by atoms with Crippen LogP contribution < -0.4 is 0 Å². The van der Waals surface area contributed by atoms with E-state index >= 15 is 0 Å². The Balaban J connectivity index is 4.00. The molecule has 0 heterocycles. The van der Waals surface area contributed by atoms with Crippen molar-refractivity contribution in [3.05, 3.63) is 0 Å². The predicted octanol–water partition coefficient (Wildman–Crippen LogP) is 2.52. The summed E-state index contributed by atoms with van der Waals surface area (Å²) >= 11 is 3.28. The smallest absolute Gasteiger partial charge is 0.320 e. The van der Waals surface area contributed by atoms with Crippen LogP contribution in [0.15, 0.2) is 0 Å². The van der Waals surface area contributed by atoms with Gasteiger partial charge in [0.15, 0.2) is 0 Å². The molecule has 0 aliphatic heterocycles. The number of rotatable bonds is 4. The third-order valence-corrected chi connectivity index (χ3v) is 2.35. The van der Waals surface area contributed by atoms with Crippen LogP contribution in [0, 0.1) is 0 Å². The van der Waals surface area contributed by atoms with Crippen molar-refractivity contribution >= 4 is 21.9 Å². The van der Waals surface area contributed by atoms with Gasteiger partial charge in [-0.2, -0.15) is 0 Å². The molecule has 3 nitrogen and oxygen atoms in total. The third kappa shape index (κ3) is 6.38. The average Bonchev–Trinajstić information content (AvgIpc) is 2.00. The van der Waals surface area contributed by atoms with Gasteiger partial charge in [0, 0.05) is 7.11 Å². The standard InChI is InChI=1S/C10H19BrO3/c1-7(13-5)6-8(11)9(12)14-10(2,3)4/h7-8H,6H2,1-5H3/t7-,8?/m0/s1. The number of carbonyl (C=O) groups is 1. The van der Waals surface area contributed by atoms with Crippen molar-refractivity contribution in [3.8, 4) is 0 Å². The Bertz CT molecular complexity index is 186. The summed E-state index contributed by atoms with van der Waals surface area (Å²) in [7, 11) is 1.62. The highest BCUT2D eigenvalue weighted by Gasteiger charge is 2.24. The van der Waals surface area contributed by atoms with Gasteiger partial charge in [-0.1, -0.05) is 15.9 Å². The van der Waals surface area contributed by atoms with Crippen molar-refractivity contribution in [1.29, 1.82) is 0 Å². The van der Waals surface area contributed by atoms with Crippen LogP contribution in [0.25, 0.3) is 0 Å². The molecule has 0 radical (unpaired) electrons. The largest absolute Gasteiger partial charge is 0.459 e. The maximum Gasteiger partial charge on any atom is 0.320 e. The van der Waals surface area contributed by atoms with Crippen LogP contribution in [0.3, 0.4) is 0 Å². The lowest BCUT2D eigenvalue weighted by Crippen LogP contribution is -2.30. The Labute approximate surface area is 94.3 Å². The van der Waals surface area contributed by atoms with E-state index in [0.29, 0.717) is 6.42 Å². The van der Waals surface area contributed by atoms with Crippen LogP contribution in [0.5, 0.6) is 0 Å². The van der Waals surface area contributed by atoms with Gasteiger partial charge < -0.3 is 9.47 Å². The highest BCUT2D eigenvalue weighted by atomic mass is 79.9. The molecule has 0 amide bonds. The van der Waals surface area contributed by atoms with Crippen molar-refractivity contribution in [3.63, 3.8) is 0 Å². The van der Waals surface area contributed by atoms with E-state index in [2.05, 4.69) is 15.9 Å². The lowest BCUT2D eigenvalue weighted by molar-refractivity contribution is -0.154. The second-order valence-electron chi connectivity index (χ2n) is 4.28. The lowest BCUT2D eigenvalue weighted by Gasteiger charge is -2.22. The Morgan fingerprint density at radius 2 is 1.93 bits per heavy atom. The van der Waals surface area contributed by atoms with Gasteiger partial charge in [-0.3, -0.25) is 4.79 Å². The lowest BCUT2D eigenvalue weighted by atomic mass is 10.2. The summed E-state index contributed by atoms with van der Waals surface area (Å²) in [5.74, 6) is -0.235. The van der Waals surface area contributed by atoms with E-state index in [1.54, 1.807) is 7.11 Å². The molecule has 0 saturated heterocycles. The molecule has 84 valence electrons. The fraction of sp³-hybridized carbons (Fsp3) is 0.900. The summed E-state index contributed by atoms with van der Waals surface area (Å²) in [4.78, 5) is 11.2. The van der Waals surface area contributed by atoms with Crippen molar-refractivity contribution in [2.24, 2.45) is 0 Å². The summed E-state index contributed by atoms with van der Waals surface area (Å²) in [6.45, 7) is 7.47. The Morgan fingerprint density at radius 3 is 2.29 bits per heavy atom. The zero-order valence-electron chi connectivity index (χ0n) is 9.46. The number of methoxy groups -OCH3 is 1. The second kappa shape index (κ2) is 5.71. The minimum atomic E-state index is -0.431. The Kier molecular flexibility index (Phi) is 5.67. The first-order chi connectivity index (χ1) is 6.26. The summed E-state index contributed by atoms with van der Waals surface area (Å²) in [6.07, 6.45) is 0.665. The van der Waals surface area contributed by atoms with Gasteiger partial charge in [0.1, 0.15) is 10.4 Å². The SMILES string of the molecule is CO[C@@H](C)CC(Br)C(=O)OC(C)(C)C. The highest BCUT2D eigenvalue weighted by Crippen LogP contribution is 2.16. The van der Waals surface area contributed by atoms with Gasteiger partial charge in [0.25, 0.3) is 0 Å². The van der Waals surface area contributed by atoms with Gasteiger partial charge in [-0.15, -0.1) is 0 Å². The molecule has 0 rings (SSSR count). The molecule has 1 unspecified atom stereocenters. The van der Waals surface area contributed by atoms with Gasteiger partial charge in [0.2, 0.25) is 0 Å². The maximum absolute atomic E-state index is 11.5. The van der Waals surface area contributed by atoms with Gasteiger partial charge >= 0.3 is 5.97 Å². The number of alkyl halides is 1. The number of ether oxygens (including phenoxy) is 2. The van der Waals surface area contributed by atoms with E-state index < -0.39 is 5.60 Å². The molecule has 4 heteroatoms. The van der Waals surface area contributed by atoms with Crippen LogP contribution in [0.1, 0.15) is 34.1 Å². The van der Waals surface area contributed by atoms with Crippen LogP contribution in [-0.4, -0.2) is 29.6 Å². The minimum Gasteiger partial charge on any atom is -0.459 e. The van der Waals surface area contributed by atoms with E-state index in [9.17, 15) is 4.79 Å². The van der Waals surface area contributed by atoms with Crippen LogP contribution in [-0.2, 0) is 14.3 Å². The monoisotopic (exact) mass is 266 g/mol. The van der Waals surface area contributed by atoms with Crippen molar-refractivity contribution in [2.45, 2.75) is 50.6 Å². The number of esters is 1. The molecule has 0 saturated carbocycles. The number of carbonyl (C=O) groups excluding carboxylic acids is 1. The molecule has 0 aromatic rings. The summed E-state index contributed by atoms with van der Waals surface area (Å²) < 4.78 is 10.3. The van der Waals surface area contributed by atoms with Crippen LogP contribution in [0.4, 0.5) is 0 Å². The summed E-state index contributed by atoms with van der Waals surface area (Å²) in [5.41, 5.74) is -0.431. The first kappa shape index (κ1) is 13.9. The first-order valence-electron chi connectivity index (χ1n) is 4.66.